The van der Waals surface area contributed by atoms with Crippen molar-refractivity contribution in [2.24, 2.45) is 0 Å². The van der Waals surface area contributed by atoms with E-state index in [0.29, 0.717) is 24.2 Å². The summed E-state index contributed by atoms with van der Waals surface area (Å²) in [4.78, 5) is 14.6. The number of anilines is 3. The van der Waals surface area contributed by atoms with Gasteiger partial charge in [0.05, 0.1) is 12.2 Å². The molecule has 2 aromatic rings. The van der Waals surface area contributed by atoms with Gasteiger partial charge in [0.1, 0.15) is 0 Å². The van der Waals surface area contributed by atoms with Crippen LogP contribution in [0.5, 0.6) is 0 Å². The Morgan fingerprint density at radius 2 is 2.00 bits per heavy atom. The normalized spacial score (nSPS) is 10.6. The third-order valence-corrected chi connectivity index (χ3v) is 2.78. The lowest BCUT2D eigenvalue weighted by atomic mass is 10.4. The maximum absolute atomic E-state index is 5.72. The molecule has 108 valence electrons. The van der Waals surface area contributed by atoms with Crippen LogP contribution in [0.1, 0.15) is 25.3 Å². The number of nitrogens with zero attached hydrogens (tertiary/aromatic N) is 5. The lowest BCUT2D eigenvalue weighted by Crippen LogP contribution is -2.25. The fraction of sp³-hybridized carbons (Fsp3) is 0.500. The van der Waals surface area contributed by atoms with E-state index in [4.69, 9.17) is 10.3 Å². The van der Waals surface area contributed by atoms with Crippen LogP contribution in [0.2, 0.25) is 0 Å². The van der Waals surface area contributed by atoms with E-state index in [9.17, 15) is 0 Å². The van der Waals surface area contributed by atoms with Gasteiger partial charge in [-0.25, -0.2) is 0 Å². The minimum absolute atomic E-state index is 0.193. The molecule has 0 aliphatic rings. The number of nitrogen functional groups attached to an aromatic ring is 1. The predicted molar refractivity (Wildman–Crippen MR) is 76.4 cm³/mol. The molecule has 0 saturated heterocycles. The Bertz CT molecular complexity index is 565. The van der Waals surface area contributed by atoms with E-state index < -0.39 is 0 Å². The molecule has 0 saturated carbocycles. The van der Waals surface area contributed by atoms with Crippen LogP contribution in [0, 0.1) is 6.92 Å². The maximum Gasteiger partial charge on any atom is 0.231 e. The second-order valence-electron chi connectivity index (χ2n) is 4.28. The maximum atomic E-state index is 5.72. The molecular weight excluding hydrogens is 258 g/mol. The van der Waals surface area contributed by atoms with Crippen LogP contribution >= 0.6 is 0 Å². The molecule has 0 spiro atoms. The first-order chi connectivity index (χ1) is 9.62. The quantitative estimate of drug-likeness (QED) is 0.811. The van der Waals surface area contributed by atoms with Crippen molar-refractivity contribution in [1.82, 2.24) is 20.1 Å². The Balaban J connectivity index is 2.11. The molecule has 0 bridgehead atoms. The Kier molecular flexibility index (Phi) is 4.34. The number of nitrogens with one attached hydrogen (secondary N) is 1. The average Bonchev–Trinajstić information content (AvgIpc) is 2.83. The van der Waals surface area contributed by atoms with Gasteiger partial charge in [-0.2, -0.15) is 15.0 Å². The summed E-state index contributed by atoms with van der Waals surface area (Å²) in [6, 6.07) is 1.85. The average molecular weight is 277 g/mol. The zero-order chi connectivity index (χ0) is 14.5. The van der Waals surface area contributed by atoms with E-state index in [1.807, 2.05) is 31.7 Å². The lowest BCUT2D eigenvalue weighted by molar-refractivity contribution is 0.384. The Hall–Kier alpha value is -2.38. The first-order valence-electron chi connectivity index (χ1n) is 6.55. The van der Waals surface area contributed by atoms with Crippen molar-refractivity contribution in [3.63, 3.8) is 0 Å². The minimum Gasteiger partial charge on any atom is -0.368 e. The zero-order valence-electron chi connectivity index (χ0n) is 11.9. The third kappa shape index (κ3) is 3.34. The van der Waals surface area contributed by atoms with Crippen molar-refractivity contribution in [2.45, 2.75) is 27.3 Å². The molecule has 0 unspecified atom stereocenters. The Morgan fingerprint density at radius 3 is 2.60 bits per heavy atom. The van der Waals surface area contributed by atoms with Gasteiger partial charge in [0.25, 0.3) is 0 Å². The van der Waals surface area contributed by atoms with Gasteiger partial charge in [0.15, 0.2) is 5.76 Å². The predicted octanol–water partition coefficient (Wildman–Crippen LogP) is 1.21. The monoisotopic (exact) mass is 277 g/mol. The van der Waals surface area contributed by atoms with E-state index in [2.05, 4.69) is 25.4 Å². The standard InChI is InChI=1S/C12H19N7O/c1-4-19(5-2)12-16-10(13)15-11(17-12)14-7-9-6-8(3)18-20-9/h6H,4-5,7H2,1-3H3,(H3,13,14,15,16,17). The molecule has 8 nitrogen and oxygen atoms in total. The second kappa shape index (κ2) is 6.18. The van der Waals surface area contributed by atoms with Gasteiger partial charge in [0.2, 0.25) is 17.8 Å². The SMILES string of the molecule is CCN(CC)c1nc(N)nc(NCc2cc(C)no2)n1. The summed E-state index contributed by atoms with van der Waals surface area (Å²) < 4.78 is 5.11. The second-order valence-corrected chi connectivity index (χ2v) is 4.28. The highest BCUT2D eigenvalue weighted by Gasteiger charge is 2.10. The highest BCUT2D eigenvalue weighted by Crippen LogP contribution is 2.12. The van der Waals surface area contributed by atoms with Crippen LogP contribution in [0.4, 0.5) is 17.8 Å². The van der Waals surface area contributed by atoms with Gasteiger partial charge in [-0.05, 0) is 20.8 Å². The molecule has 0 radical (unpaired) electrons. The molecule has 3 N–H and O–H groups in total. The first-order valence-corrected chi connectivity index (χ1v) is 6.55. The number of rotatable bonds is 6. The van der Waals surface area contributed by atoms with Crippen LogP contribution in [0.15, 0.2) is 10.6 Å². The Labute approximate surface area is 117 Å². The van der Waals surface area contributed by atoms with E-state index >= 15 is 0 Å². The van der Waals surface area contributed by atoms with Crippen molar-refractivity contribution in [3.8, 4) is 0 Å². The van der Waals surface area contributed by atoms with Crippen LogP contribution in [0.25, 0.3) is 0 Å². The van der Waals surface area contributed by atoms with Crippen LogP contribution in [0.3, 0.4) is 0 Å². The number of aryl methyl sites for hydroxylation is 1. The summed E-state index contributed by atoms with van der Waals surface area (Å²) in [5.41, 5.74) is 6.55. The van der Waals surface area contributed by atoms with Crippen LogP contribution < -0.4 is 16.0 Å². The Morgan fingerprint density at radius 1 is 1.25 bits per heavy atom. The first kappa shape index (κ1) is 14.0. The van der Waals surface area contributed by atoms with Gasteiger partial charge in [-0.3, -0.25) is 0 Å². The topological polar surface area (TPSA) is 106 Å². The van der Waals surface area contributed by atoms with Crippen LogP contribution in [-0.2, 0) is 6.54 Å². The third-order valence-electron chi connectivity index (χ3n) is 2.78. The highest BCUT2D eigenvalue weighted by molar-refractivity contribution is 5.41. The van der Waals surface area contributed by atoms with Crippen molar-refractivity contribution in [3.05, 3.63) is 17.5 Å². The summed E-state index contributed by atoms with van der Waals surface area (Å²) in [5, 5.41) is 6.87. The fourth-order valence-corrected chi connectivity index (χ4v) is 1.77. The summed E-state index contributed by atoms with van der Waals surface area (Å²) >= 11 is 0. The summed E-state index contributed by atoms with van der Waals surface area (Å²) in [6.45, 7) is 8.00. The number of aromatic nitrogens is 4. The molecule has 20 heavy (non-hydrogen) atoms. The molecule has 0 aromatic carbocycles. The molecular formula is C12H19N7O. The molecule has 8 heteroatoms. The molecule has 0 aliphatic heterocycles. The largest absolute Gasteiger partial charge is 0.368 e. The van der Waals surface area contributed by atoms with Gasteiger partial charge in [-0.15, -0.1) is 0 Å². The van der Waals surface area contributed by atoms with Crippen molar-refractivity contribution < 1.29 is 4.52 Å². The lowest BCUT2D eigenvalue weighted by Gasteiger charge is -2.18. The molecule has 0 atom stereocenters. The molecule has 0 aliphatic carbocycles. The number of hydrogen-bond acceptors (Lipinski definition) is 8. The van der Waals surface area contributed by atoms with Gasteiger partial charge >= 0.3 is 0 Å². The van der Waals surface area contributed by atoms with Gasteiger partial charge in [0, 0.05) is 19.2 Å². The molecule has 0 amide bonds. The zero-order valence-corrected chi connectivity index (χ0v) is 11.9. The summed E-state index contributed by atoms with van der Waals surface area (Å²) in [7, 11) is 0. The summed E-state index contributed by atoms with van der Waals surface area (Å²) in [6.07, 6.45) is 0. The smallest absolute Gasteiger partial charge is 0.231 e. The van der Waals surface area contributed by atoms with Gasteiger partial charge < -0.3 is 20.5 Å². The molecule has 2 heterocycles. The highest BCUT2D eigenvalue weighted by atomic mass is 16.5. The molecule has 0 fully saturated rings. The van der Waals surface area contributed by atoms with E-state index in [1.165, 1.54) is 0 Å². The molecule has 2 rings (SSSR count). The van der Waals surface area contributed by atoms with Crippen molar-refractivity contribution in [2.75, 3.05) is 29.0 Å². The van der Waals surface area contributed by atoms with E-state index in [1.54, 1.807) is 0 Å². The van der Waals surface area contributed by atoms with E-state index in [-0.39, 0.29) is 5.95 Å². The minimum atomic E-state index is 0.193. The number of hydrogen-bond donors (Lipinski definition) is 2. The van der Waals surface area contributed by atoms with Crippen molar-refractivity contribution >= 4 is 17.8 Å². The summed E-state index contributed by atoms with van der Waals surface area (Å²) in [5.74, 6) is 1.90. The van der Waals surface area contributed by atoms with Crippen LogP contribution in [-0.4, -0.2) is 33.2 Å². The molecule has 2 aromatic heterocycles. The van der Waals surface area contributed by atoms with Gasteiger partial charge in [-0.1, -0.05) is 5.16 Å². The fourth-order valence-electron chi connectivity index (χ4n) is 1.77. The number of nitrogens with two attached hydrogens (primary N) is 1. The van der Waals surface area contributed by atoms with E-state index in [0.717, 1.165) is 18.8 Å². The van der Waals surface area contributed by atoms with Crippen molar-refractivity contribution in [1.29, 1.82) is 0 Å².